The first-order valence-corrected chi connectivity index (χ1v) is 10.6. The van der Waals surface area contributed by atoms with E-state index in [9.17, 15) is 0 Å². The maximum atomic E-state index is 5.95. The Morgan fingerprint density at radius 2 is 1.57 bits per heavy atom. The summed E-state index contributed by atoms with van der Waals surface area (Å²) in [7, 11) is 0. The van der Waals surface area contributed by atoms with Crippen molar-refractivity contribution in [3.8, 4) is 33.9 Å². The number of hydrogen-bond acceptors (Lipinski definition) is 4. The Hall–Kier alpha value is -3.05. The summed E-state index contributed by atoms with van der Waals surface area (Å²) < 4.78 is 18.0. The quantitative estimate of drug-likeness (QED) is 0.294. The number of benzene rings is 3. The minimum Gasteiger partial charge on any atom is -0.494 e. The van der Waals surface area contributed by atoms with Gasteiger partial charge in [0, 0.05) is 5.56 Å². The second-order valence-corrected chi connectivity index (χ2v) is 7.57. The Bertz CT molecular complexity index is 1120. The molecule has 4 aromatic rings. The van der Waals surface area contributed by atoms with Gasteiger partial charge in [-0.3, -0.25) is 0 Å². The zero-order chi connectivity index (χ0) is 20.9. The molecule has 4 nitrogen and oxygen atoms in total. The summed E-state index contributed by atoms with van der Waals surface area (Å²) in [4.78, 5) is 4.45. The van der Waals surface area contributed by atoms with E-state index in [0.29, 0.717) is 22.9 Å². The van der Waals surface area contributed by atoms with Crippen molar-refractivity contribution in [1.29, 1.82) is 0 Å². The smallest absolute Gasteiger partial charge is 0.234 e. The van der Waals surface area contributed by atoms with Crippen LogP contribution in [0.4, 0.5) is 0 Å². The number of halogens is 1. The molecule has 0 amide bonds. The van der Waals surface area contributed by atoms with Crippen molar-refractivity contribution in [3.63, 3.8) is 0 Å². The Balaban J connectivity index is 1.46. The van der Waals surface area contributed by atoms with Gasteiger partial charge in [0.05, 0.1) is 6.61 Å². The van der Waals surface area contributed by atoms with Crippen molar-refractivity contribution < 1.29 is 13.9 Å². The van der Waals surface area contributed by atoms with Crippen LogP contribution in [0.15, 0.2) is 81.8 Å². The van der Waals surface area contributed by atoms with Crippen LogP contribution >= 0.6 is 15.9 Å². The lowest BCUT2D eigenvalue weighted by Gasteiger charge is -2.09. The summed E-state index contributed by atoms with van der Waals surface area (Å²) in [5.74, 6) is 2.82. The topological polar surface area (TPSA) is 44.5 Å². The van der Waals surface area contributed by atoms with Gasteiger partial charge in [0.2, 0.25) is 5.89 Å². The van der Waals surface area contributed by atoms with Crippen LogP contribution in [0, 0.1) is 6.92 Å². The molecule has 0 aliphatic carbocycles. The number of aryl methyl sites for hydroxylation is 1. The second-order valence-electron chi connectivity index (χ2n) is 6.82. The van der Waals surface area contributed by atoms with Crippen LogP contribution in [0.3, 0.4) is 0 Å². The fourth-order valence-electron chi connectivity index (χ4n) is 3.20. The van der Waals surface area contributed by atoms with Crippen molar-refractivity contribution >= 4 is 15.9 Å². The molecular formula is C25H22BrNO3. The lowest BCUT2D eigenvalue weighted by atomic mass is 10.0. The molecule has 0 spiro atoms. The molecule has 3 aromatic carbocycles. The van der Waals surface area contributed by atoms with E-state index in [4.69, 9.17) is 13.9 Å². The van der Waals surface area contributed by atoms with Crippen LogP contribution in [0.2, 0.25) is 0 Å². The first-order valence-electron chi connectivity index (χ1n) is 9.81. The molecule has 0 N–H and O–H groups in total. The molecule has 0 fully saturated rings. The number of oxazole rings is 1. The van der Waals surface area contributed by atoms with E-state index >= 15 is 0 Å². The van der Waals surface area contributed by atoms with E-state index in [-0.39, 0.29) is 6.61 Å². The molecule has 0 bridgehead atoms. The Labute approximate surface area is 184 Å². The van der Waals surface area contributed by atoms with Gasteiger partial charge in [0.1, 0.15) is 11.5 Å². The minimum absolute atomic E-state index is 0.244. The van der Waals surface area contributed by atoms with E-state index in [1.807, 2.05) is 62.4 Å². The molecule has 4 rings (SSSR count). The van der Waals surface area contributed by atoms with E-state index in [1.54, 1.807) is 0 Å². The van der Waals surface area contributed by atoms with Gasteiger partial charge < -0.3 is 13.9 Å². The molecule has 0 unspecified atom stereocenters. The van der Waals surface area contributed by atoms with Gasteiger partial charge in [-0.2, -0.15) is 0 Å². The van der Waals surface area contributed by atoms with Crippen molar-refractivity contribution in [2.75, 3.05) is 6.61 Å². The predicted octanol–water partition coefficient (Wildman–Crippen LogP) is 7.06. The van der Waals surface area contributed by atoms with E-state index in [2.05, 4.69) is 45.2 Å². The van der Waals surface area contributed by atoms with Crippen LogP contribution in [0.25, 0.3) is 22.5 Å². The monoisotopic (exact) mass is 463 g/mol. The second kappa shape index (κ2) is 9.18. The molecule has 0 saturated carbocycles. The molecule has 1 heterocycles. The summed E-state index contributed by atoms with van der Waals surface area (Å²) in [6.07, 6.45) is 0. The Kier molecular flexibility index (Phi) is 6.19. The van der Waals surface area contributed by atoms with Crippen molar-refractivity contribution in [3.05, 3.63) is 88.9 Å². The van der Waals surface area contributed by atoms with Crippen molar-refractivity contribution in [2.24, 2.45) is 0 Å². The van der Waals surface area contributed by atoms with Crippen LogP contribution < -0.4 is 9.47 Å². The molecule has 1 aromatic heterocycles. The SMILES string of the molecule is CCOc1ccc(OCc2nc(Br)c(-c3ccc(-c4ccccc4)cc3)o2)cc1C. The van der Waals surface area contributed by atoms with Gasteiger partial charge in [-0.25, -0.2) is 4.98 Å². The van der Waals surface area contributed by atoms with E-state index in [0.717, 1.165) is 28.2 Å². The summed E-state index contributed by atoms with van der Waals surface area (Å²) in [6, 6.07) is 24.3. The zero-order valence-electron chi connectivity index (χ0n) is 16.9. The largest absolute Gasteiger partial charge is 0.494 e. The third kappa shape index (κ3) is 4.57. The summed E-state index contributed by atoms with van der Waals surface area (Å²) in [6.45, 7) is 4.85. The predicted molar refractivity (Wildman–Crippen MR) is 122 cm³/mol. The molecule has 5 heteroatoms. The number of aromatic nitrogens is 1. The minimum atomic E-state index is 0.244. The Morgan fingerprint density at radius 1 is 0.867 bits per heavy atom. The van der Waals surface area contributed by atoms with Gasteiger partial charge >= 0.3 is 0 Å². The average Bonchev–Trinajstić information content (AvgIpc) is 3.15. The number of rotatable bonds is 7. The van der Waals surface area contributed by atoms with Crippen molar-refractivity contribution in [1.82, 2.24) is 4.98 Å². The molecule has 152 valence electrons. The van der Waals surface area contributed by atoms with Crippen LogP contribution in [-0.2, 0) is 6.61 Å². The fourth-order valence-corrected chi connectivity index (χ4v) is 3.71. The zero-order valence-corrected chi connectivity index (χ0v) is 18.5. The standard InChI is InChI=1S/C25H22BrNO3/c1-3-28-22-14-13-21(15-17(22)2)29-16-23-27-25(26)24(30-23)20-11-9-19(10-12-20)18-7-5-4-6-8-18/h4-15H,3,16H2,1-2H3. The molecule has 0 aliphatic heterocycles. The summed E-state index contributed by atoms with van der Waals surface area (Å²) >= 11 is 3.50. The highest BCUT2D eigenvalue weighted by atomic mass is 79.9. The van der Waals surface area contributed by atoms with E-state index in [1.165, 1.54) is 5.56 Å². The maximum Gasteiger partial charge on any atom is 0.234 e. The molecule has 0 atom stereocenters. The van der Waals surface area contributed by atoms with Gasteiger partial charge in [-0.15, -0.1) is 0 Å². The number of nitrogens with zero attached hydrogens (tertiary/aromatic N) is 1. The van der Waals surface area contributed by atoms with Gasteiger partial charge in [-0.1, -0.05) is 54.6 Å². The maximum absolute atomic E-state index is 5.95. The third-order valence-electron chi connectivity index (χ3n) is 4.69. The van der Waals surface area contributed by atoms with Crippen LogP contribution in [0.1, 0.15) is 18.4 Å². The average molecular weight is 464 g/mol. The summed E-state index contributed by atoms with van der Waals surface area (Å²) in [5, 5.41) is 0. The van der Waals surface area contributed by atoms with E-state index < -0.39 is 0 Å². The molecule has 0 radical (unpaired) electrons. The van der Waals surface area contributed by atoms with Gasteiger partial charge in [0.15, 0.2) is 17.0 Å². The fraction of sp³-hybridized carbons (Fsp3) is 0.160. The highest BCUT2D eigenvalue weighted by molar-refractivity contribution is 9.10. The molecule has 0 aliphatic rings. The van der Waals surface area contributed by atoms with Gasteiger partial charge in [-0.05, 0) is 64.7 Å². The first kappa shape index (κ1) is 20.2. The normalized spacial score (nSPS) is 10.8. The number of ether oxygens (including phenoxy) is 2. The molecular weight excluding hydrogens is 442 g/mol. The first-order chi connectivity index (χ1) is 14.6. The highest BCUT2D eigenvalue weighted by Crippen LogP contribution is 2.31. The lowest BCUT2D eigenvalue weighted by Crippen LogP contribution is -1.98. The Morgan fingerprint density at radius 3 is 2.27 bits per heavy atom. The van der Waals surface area contributed by atoms with Crippen LogP contribution in [-0.4, -0.2) is 11.6 Å². The summed E-state index contributed by atoms with van der Waals surface area (Å²) in [5.41, 5.74) is 4.32. The van der Waals surface area contributed by atoms with Gasteiger partial charge in [0.25, 0.3) is 0 Å². The third-order valence-corrected chi connectivity index (χ3v) is 5.23. The lowest BCUT2D eigenvalue weighted by molar-refractivity contribution is 0.263. The molecule has 0 saturated heterocycles. The van der Waals surface area contributed by atoms with Crippen molar-refractivity contribution in [2.45, 2.75) is 20.5 Å². The molecule has 30 heavy (non-hydrogen) atoms. The van der Waals surface area contributed by atoms with Crippen LogP contribution in [0.5, 0.6) is 11.5 Å². The highest BCUT2D eigenvalue weighted by Gasteiger charge is 2.14. The number of hydrogen-bond donors (Lipinski definition) is 0.